The monoisotopic (exact) mass is 497 g/mol. The van der Waals surface area contributed by atoms with Gasteiger partial charge in [0.05, 0.1) is 6.42 Å². The van der Waals surface area contributed by atoms with Crippen LogP contribution in [-0.4, -0.2) is 53.6 Å². The fourth-order valence-corrected chi connectivity index (χ4v) is 5.38. The SMILES string of the molecule is C[C@@H](COC(=O)N1CCC(N2C(=O)Cc3ccccc32)CC1)N(Cc1ccccc1)Cc1ccccc1. The highest BCUT2D eigenvalue weighted by molar-refractivity contribution is 6.01. The Labute approximate surface area is 219 Å². The van der Waals surface area contributed by atoms with Gasteiger partial charge in [-0.1, -0.05) is 78.9 Å². The Balaban J connectivity index is 1.15. The number of fused-ring (bicyclic) bond motifs is 1. The van der Waals surface area contributed by atoms with E-state index in [1.54, 1.807) is 4.90 Å². The molecular formula is C31H35N3O3. The van der Waals surface area contributed by atoms with E-state index in [0.29, 0.717) is 26.1 Å². The highest BCUT2D eigenvalue weighted by Gasteiger charge is 2.35. The normalized spacial score (nSPS) is 16.6. The van der Waals surface area contributed by atoms with Gasteiger partial charge in [-0.25, -0.2) is 4.79 Å². The van der Waals surface area contributed by atoms with Gasteiger partial charge in [-0.3, -0.25) is 9.69 Å². The molecule has 37 heavy (non-hydrogen) atoms. The van der Waals surface area contributed by atoms with E-state index in [9.17, 15) is 9.59 Å². The van der Waals surface area contributed by atoms with Crippen LogP contribution in [0, 0.1) is 0 Å². The van der Waals surface area contributed by atoms with Gasteiger partial charge in [0.15, 0.2) is 0 Å². The number of anilines is 1. The van der Waals surface area contributed by atoms with Crippen molar-refractivity contribution < 1.29 is 14.3 Å². The van der Waals surface area contributed by atoms with Gasteiger partial charge in [0.2, 0.25) is 5.91 Å². The topological polar surface area (TPSA) is 53.1 Å². The van der Waals surface area contributed by atoms with E-state index >= 15 is 0 Å². The van der Waals surface area contributed by atoms with Gasteiger partial charge in [0.1, 0.15) is 6.61 Å². The molecule has 0 saturated carbocycles. The van der Waals surface area contributed by atoms with Crippen molar-refractivity contribution in [2.24, 2.45) is 0 Å². The van der Waals surface area contributed by atoms with E-state index in [0.717, 1.165) is 37.2 Å². The van der Waals surface area contributed by atoms with Crippen molar-refractivity contribution in [2.75, 3.05) is 24.6 Å². The number of hydrogen-bond acceptors (Lipinski definition) is 4. The van der Waals surface area contributed by atoms with Crippen molar-refractivity contribution in [3.05, 3.63) is 102 Å². The summed E-state index contributed by atoms with van der Waals surface area (Å²) in [6.45, 7) is 5.21. The molecule has 0 N–H and O–H groups in total. The van der Waals surface area contributed by atoms with Crippen molar-refractivity contribution in [3.63, 3.8) is 0 Å². The number of carbonyl (C=O) groups excluding carboxylic acids is 2. The molecule has 1 saturated heterocycles. The van der Waals surface area contributed by atoms with Crippen LogP contribution in [0.2, 0.25) is 0 Å². The van der Waals surface area contributed by atoms with Crippen LogP contribution in [0.4, 0.5) is 10.5 Å². The maximum absolute atomic E-state index is 12.9. The third-order valence-corrected chi connectivity index (χ3v) is 7.48. The summed E-state index contributed by atoms with van der Waals surface area (Å²) in [5.41, 5.74) is 4.59. The molecule has 1 fully saturated rings. The Morgan fingerprint density at radius 1 is 0.892 bits per heavy atom. The number of hydrogen-bond donors (Lipinski definition) is 0. The van der Waals surface area contributed by atoms with E-state index < -0.39 is 0 Å². The highest BCUT2D eigenvalue weighted by Crippen LogP contribution is 2.33. The molecule has 0 unspecified atom stereocenters. The molecule has 3 aromatic rings. The molecule has 2 heterocycles. The van der Waals surface area contributed by atoms with Gasteiger partial charge in [-0.05, 0) is 42.5 Å². The number of benzene rings is 3. The zero-order valence-corrected chi connectivity index (χ0v) is 21.5. The lowest BCUT2D eigenvalue weighted by Gasteiger charge is -2.37. The Morgan fingerprint density at radius 2 is 1.46 bits per heavy atom. The van der Waals surface area contributed by atoms with Crippen LogP contribution in [0.15, 0.2) is 84.9 Å². The van der Waals surface area contributed by atoms with Crippen molar-refractivity contribution in [2.45, 2.75) is 51.4 Å². The predicted molar refractivity (Wildman–Crippen MR) is 145 cm³/mol. The molecule has 2 aliphatic heterocycles. The van der Waals surface area contributed by atoms with Crippen molar-refractivity contribution in [3.8, 4) is 0 Å². The van der Waals surface area contributed by atoms with Crippen molar-refractivity contribution >= 4 is 17.7 Å². The molecular weight excluding hydrogens is 462 g/mol. The minimum absolute atomic E-state index is 0.0561. The van der Waals surface area contributed by atoms with E-state index in [1.165, 1.54) is 11.1 Å². The first-order valence-electron chi connectivity index (χ1n) is 13.2. The van der Waals surface area contributed by atoms with Crippen LogP contribution in [0.25, 0.3) is 0 Å². The maximum Gasteiger partial charge on any atom is 0.409 e. The van der Waals surface area contributed by atoms with E-state index in [-0.39, 0.29) is 24.1 Å². The number of nitrogens with zero attached hydrogens (tertiary/aromatic N) is 3. The maximum atomic E-state index is 12.9. The lowest BCUT2D eigenvalue weighted by molar-refractivity contribution is -0.118. The summed E-state index contributed by atoms with van der Waals surface area (Å²) in [4.78, 5) is 31.7. The summed E-state index contributed by atoms with van der Waals surface area (Å²) < 4.78 is 5.80. The zero-order chi connectivity index (χ0) is 25.6. The number of piperidine rings is 1. The minimum Gasteiger partial charge on any atom is -0.448 e. The second-order valence-corrected chi connectivity index (χ2v) is 10.1. The van der Waals surface area contributed by atoms with Crippen LogP contribution in [0.5, 0.6) is 0 Å². The lowest BCUT2D eigenvalue weighted by atomic mass is 10.0. The van der Waals surface area contributed by atoms with E-state index in [2.05, 4.69) is 60.4 Å². The summed E-state index contributed by atoms with van der Waals surface area (Å²) in [5.74, 6) is 0.160. The average molecular weight is 498 g/mol. The van der Waals surface area contributed by atoms with Crippen molar-refractivity contribution in [1.82, 2.24) is 9.80 Å². The van der Waals surface area contributed by atoms with Gasteiger partial charge >= 0.3 is 6.09 Å². The summed E-state index contributed by atoms with van der Waals surface area (Å²) >= 11 is 0. The van der Waals surface area contributed by atoms with Crippen molar-refractivity contribution in [1.29, 1.82) is 0 Å². The molecule has 192 valence electrons. The molecule has 0 radical (unpaired) electrons. The molecule has 0 spiro atoms. The van der Waals surface area contributed by atoms with E-state index in [4.69, 9.17) is 4.74 Å². The molecule has 6 nitrogen and oxygen atoms in total. The predicted octanol–water partition coefficient (Wildman–Crippen LogP) is 5.27. The molecule has 0 aliphatic carbocycles. The third kappa shape index (κ3) is 6.03. The number of ether oxygens (including phenoxy) is 1. The first-order chi connectivity index (χ1) is 18.1. The van der Waals surface area contributed by atoms with Gasteiger partial charge in [0, 0.05) is 44.0 Å². The molecule has 6 heteroatoms. The van der Waals surface area contributed by atoms with Crippen LogP contribution in [0.3, 0.4) is 0 Å². The minimum atomic E-state index is -0.266. The third-order valence-electron chi connectivity index (χ3n) is 7.48. The fraction of sp³-hybridized carbons (Fsp3) is 0.355. The number of likely N-dealkylation sites (tertiary alicyclic amines) is 1. The van der Waals surface area contributed by atoms with Crippen LogP contribution >= 0.6 is 0 Å². The van der Waals surface area contributed by atoms with Gasteiger partial charge in [-0.2, -0.15) is 0 Å². The molecule has 2 amide bonds. The van der Waals surface area contributed by atoms with Gasteiger partial charge < -0.3 is 14.5 Å². The first kappa shape index (κ1) is 25.0. The second-order valence-electron chi connectivity index (χ2n) is 10.1. The summed E-state index contributed by atoms with van der Waals surface area (Å²) in [5, 5.41) is 0. The quantitative estimate of drug-likeness (QED) is 0.426. The van der Waals surface area contributed by atoms with E-state index in [1.807, 2.05) is 41.3 Å². The number of carbonyl (C=O) groups is 2. The first-order valence-corrected chi connectivity index (χ1v) is 13.2. The Bertz CT molecular complexity index is 1150. The smallest absolute Gasteiger partial charge is 0.409 e. The highest BCUT2D eigenvalue weighted by atomic mass is 16.6. The Morgan fingerprint density at radius 3 is 2.08 bits per heavy atom. The summed E-state index contributed by atoms with van der Waals surface area (Å²) in [6, 6.07) is 29.0. The second kappa shape index (κ2) is 11.6. The Hall–Kier alpha value is -3.64. The fourth-order valence-electron chi connectivity index (χ4n) is 5.38. The number of para-hydroxylation sites is 1. The average Bonchev–Trinajstić information content (AvgIpc) is 3.28. The molecule has 0 aromatic heterocycles. The molecule has 2 aliphatic rings. The number of amides is 2. The standard InChI is InChI=1S/C31H35N3O3/c1-24(33(21-25-10-4-2-5-11-25)22-26-12-6-3-7-13-26)23-37-31(36)32-18-16-28(17-19-32)34-29-15-9-8-14-27(29)20-30(34)35/h2-15,24,28H,16-23H2,1H3/t24-/m0/s1. The summed E-state index contributed by atoms with van der Waals surface area (Å²) in [7, 11) is 0. The lowest BCUT2D eigenvalue weighted by Crippen LogP contribution is -2.48. The molecule has 1 atom stereocenters. The molecule has 5 rings (SSSR count). The van der Waals surface area contributed by atoms with Crippen LogP contribution in [-0.2, 0) is 29.0 Å². The van der Waals surface area contributed by atoms with Gasteiger partial charge in [-0.15, -0.1) is 0 Å². The zero-order valence-electron chi connectivity index (χ0n) is 21.5. The summed E-state index contributed by atoms with van der Waals surface area (Å²) in [6.07, 6.45) is 1.73. The molecule has 3 aromatic carbocycles. The van der Waals surface area contributed by atoms with Gasteiger partial charge in [0.25, 0.3) is 0 Å². The molecule has 0 bridgehead atoms. The number of rotatable bonds is 8. The van der Waals surface area contributed by atoms with Crippen LogP contribution in [0.1, 0.15) is 36.5 Å². The largest absolute Gasteiger partial charge is 0.448 e. The van der Waals surface area contributed by atoms with Crippen LogP contribution < -0.4 is 4.90 Å². The Kier molecular flexibility index (Phi) is 7.85.